The molecule has 3 amide bonds. The van der Waals surface area contributed by atoms with E-state index in [0.29, 0.717) is 24.1 Å². The molecule has 0 radical (unpaired) electrons. The van der Waals surface area contributed by atoms with Crippen LogP contribution in [-0.2, 0) is 7.05 Å². The van der Waals surface area contributed by atoms with Gasteiger partial charge in [-0.2, -0.15) is 5.10 Å². The van der Waals surface area contributed by atoms with Gasteiger partial charge in [-0.1, -0.05) is 13.8 Å². The van der Waals surface area contributed by atoms with E-state index in [1.54, 1.807) is 23.7 Å². The lowest BCUT2D eigenvalue weighted by molar-refractivity contribution is 0.0574. The van der Waals surface area contributed by atoms with E-state index < -0.39 is 0 Å². The molecular weight excluding hydrogens is 318 g/mol. The van der Waals surface area contributed by atoms with Gasteiger partial charge in [0.2, 0.25) is 0 Å². The minimum atomic E-state index is 0.0360. The monoisotopic (exact) mass is 347 g/mol. The van der Waals surface area contributed by atoms with Crippen LogP contribution in [0.5, 0.6) is 0 Å². The van der Waals surface area contributed by atoms with E-state index in [1.807, 2.05) is 22.9 Å². The van der Waals surface area contributed by atoms with Gasteiger partial charge < -0.3 is 14.7 Å². The van der Waals surface area contributed by atoms with Crippen molar-refractivity contribution >= 4 is 11.9 Å². The maximum Gasteiger partial charge on any atom is 0.319 e. The maximum absolute atomic E-state index is 13.2. The first kappa shape index (κ1) is 17.8. The zero-order chi connectivity index (χ0) is 18.3. The van der Waals surface area contributed by atoms with Crippen molar-refractivity contribution in [2.24, 2.45) is 13.0 Å². The molecule has 0 saturated carbocycles. The summed E-state index contributed by atoms with van der Waals surface area (Å²) >= 11 is 0. The van der Waals surface area contributed by atoms with E-state index in [2.05, 4.69) is 18.9 Å². The van der Waals surface area contributed by atoms with E-state index in [-0.39, 0.29) is 18.0 Å². The smallest absolute Gasteiger partial charge is 0.319 e. The number of amides is 3. The van der Waals surface area contributed by atoms with E-state index in [9.17, 15) is 9.59 Å². The summed E-state index contributed by atoms with van der Waals surface area (Å²) in [6.45, 7) is 6.24. The van der Waals surface area contributed by atoms with Crippen molar-refractivity contribution in [3.05, 3.63) is 17.5 Å². The molecule has 0 aromatic carbocycles. The summed E-state index contributed by atoms with van der Waals surface area (Å²) < 4.78 is 1.69. The van der Waals surface area contributed by atoms with Crippen LogP contribution in [0.2, 0.25) is 0 Å². The van der Waals surface area contributed by atoms with Gasteiger partial charge in [0.1, 0.15) is 5.69 Å². The maximum atomic E-state index is 13.2. The number of nitrogens with zero attached hydrogens (tertiary/aromatic N) is 5. The summed E-state index contributed by atoms with van der Waals surface area (Å²) in [7, 11) is 5.39. The number of hydrogen-bond donors (Lipinski definition) is 0. The van der Waals surface area contributed by atoms with Gasteiger partial charge in [-0.05, 0) is 30.7 Å². The number of carbonyl (C=O) groups excluding carboxylic acids is 2. The number of aryl methyl sites for hydroxylation is 1. The fourth-order valence-electron chi connectivity index (χ4n) is 3.89. The first-order valence-corrected chi connectivity index (χ1v) is 9.09. The van der Waals surface area contributed by atoms with Crippen molar-refractivity contribution in [1.29, 1.82) is 0 Å². The average molecular weight is 347 g/mol. The standard InChI is InChI=1S/C18H29N5O2/c1-12(2)15-8-16(21(5)19-15)17(24)23-10-13-6-7-14(23)11-22(9-13)18(25)20(3)4/h8,12-14H,6-7,9-11H2,1-5H3/t13-,14+/m0/s1. The van der Waals surface area contributed by atoms with Crippen LogP contribution in [0, 0.1) is 5.92 Å². The number of rotatable bonds is 2. The van der Waals surface area contributed by atoms with Crippen LogP contribution in [0.25, 0.3) is 0 Å². The van der Waals surface area contributed by atoms with Gasteiger partial charge in [-0.25, -0.2) is 4.79 Å². The number of aromatic nitrogens is 2. The Morgan fingerprint density at radius 1 is 1.20 bits per heavy atom. The third-order valence-electron chi connectivity index (χ3n) is 5.34. The second-order valence-corrected chi connectivity index (χ2v) is 7.87. The van der Waals surface area contributed by atoms with Crippen molar-refractivity contribution in [1.82, 2.24) is 24.5 Å². The van der Waals surface area contributed by atoms with Crippen LogP contribution in [0.15, 0.2) is 6.07 Å². The normalized spacial score (nSPS) is 23.1. The first-order valence-electron chi connectivity index (χ1n) is 9.09. The van der Waals surface area contributed by atoms with Crippen molar-refractivity contribution in [3.63, 3.8) is 0 Å². The largest absolute Gasteiger partial charge is 0.332 e. The van der Waals surface area contributed by atoms with Crippen LogP contribution >= 0.6 is 0 Å². The van der Waals surface area contributed by atoms with E-state index >= 15 is 0 Å². The molecule has 4 rings (SSSR count). The second kappa shape index (κ2) is 6.69. The van der Waals surface area contributed by atoms with Crippen molar-refractivity contribution in [2.75, 3.05) is 33.7 Å². The summed E-state index contributed by atoms with van der Waals surface area (Å²) in [4.78, 5) is 31.0. The summed E-state index contributed by atoms with van der Waals surface area (Å²) in [5, 5.41) is 4.48. The zero-order valence-corrected chi connectivity index (χ0v) is 15.9. The minimum absolute atomic E-state index is 0.0360. The van der Waals surface area contributed by atoms with Gasteiger partial charge in [0.05, 0.1) is 5.69 Å². The quantitative estimate of drug-likeness (QED) is 0.819. The van der Waals surface area contributed by atoms with Crippen molar-refractivity contribution in [3.8, 4) is 0 Å². The predicted molar refractivity (Wildman–Crippen MR) is 95.5 cm³/mol. The Kier molecular flexibility index (Phi) is 4.75. The Hall–Kier alpha value is -2.05. The molecule has 0 N–H and O–H groups in total. The Balaban J connectivity index is 1.82. The summed E-state index contributed by atoms with van der Waals surface area (Å²) in [5.41, 5.74) is 1.58. The predicted octanol–water partition coefficient (Wildman–Crippen LogP) is 1.76. The molecule has 3 saturated heterocycles. The van der Waals surface area contributed by atoms with Crippen molar-refractivity contribution in [2.45, 2.75) is 38.6 Å². The van der Waals surface area contributed by atoms with Gasteiger partial charge in [-0.15, -0.1) is 0 Å². The first-order chi connectivity index (χ1) is 11.8. The van der Waals surface area contributed by atoms with Crippen LogP contribution < -0.4 is 0 Å². The van der Waals surface area contributed by atoms with E-state index in [1.165, 1.54) is 0 Å². The number of hydrogen-bond acceptors (Lipinski definition) is 3. The molecule has 138 valence electrons. The van der Waals surface area contributed by atoms with Gasteiger partial charge in [-0.3, -0.25) is 9.48 Å². The van der Waals surface area contributed by atoms with E-state index in [0.717, 1.165) is 31.6 Å². The molecule has 0 aliphatic carbocycles. The molecule has 0 unspecified atom stereocenters. The number of fused-ring (bicyclic) bond motifs is 4. The van der Waals surface area contributed by atoms with Crippen LogP contribution in [-0.4, -0.2) is 76.2 Å². The molecule has 1 aromatic heterocycles. The summed E-state index contributed by atoms with van der Waals surface area (Å²) in [5.74, 6) is 0.682. The van der Waals surface area contributed by atoms with Gasteiger partial charge in [0.15, 0.2) is 0 Å². The second-order valence-electron chi connectivity index (χ2n) is 7.87. The molecule has 4 heterocycles. The summed E-state index contributed by atoms with van der Waals surface area (Å²) in [6, 6.07) is 2.04. The molecule has 25 heavy (non-hydrogen) atoms. The lowest BCUT2D eigenvalue weighted by atomic mass is 9.94. The average Bonchev–Trinajstić information content (AvgIpc) is 2.75. The molecule has 7 heteroatoms. The highest BCUT2D eigenvalue weighted by Gasteiger charge is 2.39. The third kappa shape index (κ3) is 3.37. The van der Waals surface area contributed by atoms with Crippen molar-refractivity contribution < 1.29 is 9.59 Å². The lowest BCUT2D eigenvalue weighted by Gasteiger charge is -2.36. The highest BCUT2D eigenvalue weighted by Crippen LogP contribution is 2.30. The Morgan fingerprint density at radius 2 is 1.92 bits per heavy atom. The molecule has 3 fully saturated rings. The van der Waals surface area contributed by atoms with Crippen LogP contribution in [0.1, 0.15) is 48.8 Å². The molecule has 3 aliphatic rings. The molecule has 2 atom stereocenters. The zero-order valence-electron chi connectivity index (χ0n) is 15.9. The molecule has 3 aliphatic heterocycles. The number of urea groups is 1. The Morgan fingerprint density at radius 3 is 2.52 bits per heavy atom. The fourth-order valence-corrected chi connectivity index (χ4v) is 3.89. The molecule has 1 aromatic rings. The van der Waals surface area contributed by atoms with E-state index in [4.69, 9.17) is 0 Å². The van der Waals surface area contributed by atoms with Gasteiger partial charge in [0.25, 0.3) is 5.91 Å². The van der Waals surface area contributed by atoms with Gasteiger partial charge in [0, 0.05) is 46.8 Å². The molecule has 2 bridgehead atoms. The number of carbonyl (C=O) groups is 2. The van der Waals surface area contributed by atoms with Crippen LogP contribution in [0.3, 0.4) is 0 Å². The molecule has 0 spiro atoms. The SMILES string of the molecule is CC(C)c1cc(C(=O)N2C[C@H]3CC[C@@H]2CN(C(=O)N(C)C)C3)n(C)n1. The summed E-state index contributed by atoms with van der Waals surface area (Å²) in [6.07, 6.45) is 2.04. The minimum Gasteiger partial charge on any atom is -0.332 e. The highest BCUT2D eigenvalue weighted by atomic mass is 16.2. The topological polar surface area (TPSA) is 61.7 Å². The molecular formula is C18H29N5O2. The van der Waals surface area contributed by atoms with Gasteiger partial charge >= 0.3 is 6.03 Å². The lowest BCUT2D eigenvalue weighted by Crippen LogP contribution is -2.48. The third-order valence-corrected chi connectivity index (χ3v) is 5.34. The Labute approximate surface area is 149 Å². The number of piperidine rings is 1. The molecule has 7 nitrogen and oxygen atoms in total. The highest BCUT2D eigenvalue weighted by molar-refractivity contribution is 5.93. The Bertz CT molecular complexity index is 666. The fraction of sp³-hybridized carbons (Fsp3) is 0.722. The van der Waals surface area contributed by atoms with Crippen LogP contribution in [0.4, 0.5) is 4.79 Å².